The quantitative estimate of drug-likeness (QED) is 0.177. The van der Waals surface area contributed by atoms with Gasteiger partial charge in [-0.05, 0) is 132 Å². The van der Waals surface area contributed by atoms with E-state index < -0.39 is 0 Å². The molecule has 2 aliphatic carbocycles. The largest absolute Gasteiger partial charge is 0.456 e. The third-order valence-electron chi connectivity index (χ3n) is 13.6. The van der Waals surface area contributed by atoms with Crippen molar-refractivity contribution in [1.29, 1.82) is 0 Å². The molecule has 60 heavy (non-hydrogen) atoms. The number of fused-ring (bicyclic) bond motifs is 12. The molecule has 0 radical (unpaired) electrons. The summed E-state index contributed by atoms with van der Waals surface area (Å²) < 4.78 is 7.17. The minimum Gasteiger partial charge on any atom is -0.456 e. The lowest BCUT2D eigenvalue weighted by Crippen LogP contribution is -2.18. The van der Waals surface area contributed by atoms with E-state index in [0.29, 0.717) is 0 Å². The number of rotatable bonds is 4. The molecule has 0 fully saturated rings. The summed E-state index contributed by atoms with van der Waals surface area (Å²) in [5.74, 6) is 1.69. The van der Waals surface area contributed by atoms with Crippen LogP contribution in [0.1, 0.15) is 49.9 Å². The summed E-state index contributed by atoms with van der Waals surface area (Å²) in [5, 5.41) is 2.34. The number of anilines is 3. The maximum atomic E-state index is 7.17. The van der Waals surface area contributed by atoms with Gasteiger partial charge in [-0.1, -0.05) is 161 Å². The molecule has 3 aliphatic rings. The van der Waals surface area contributed by atoms with Crippen molar-refractivity contribution in [3.8, 4) is 67.1 Å². The van der Waals surface area contributed by atoms with Crippen LogP contribution in [0.15, 0.2) is 188 Å². The molecule has 0 aromatic heterocycles. The second kappa shape index (κ2) is 12.7. The van der Waals surface area contributed by atoms with Gasteiger partial charge in [-0.15, -0.1) is 0 Å². The number of nitrogens with zero attached hydrogens (tertiary/aromatic N) is 1. The number of benzene rings is 9. The molecule has 0 amide bonds. The molecule has 1 heterocycles. The highest BCUT2D eigenvalue weighted by atomic mass is 16.5. The Kier molecular flexibility index (Phi) is 7.36. The van der Waals surface area contributed by atoms with Crippen LogP contribution in [0.5, 0.6) is 11.5 Å². The Hall–Kier alpha value is -7.16. The number of hydrogen-bond donors (Lipinski definition) is 0. The van der Waals surface area contributed by atoms with Gasteiger partial charge < -0.3 is 9.64 Å². The van der Waals surface area contributed by atoms with Gasteiger partial charge in [0, 0.05) is 33.3 Å². The van der Waals surface area contributed by atoms with Crippen LogP contribution < -0.4 is 9.64 Å². The maximum absolute atomic E-state index is 7.17. The molecule has 1 aliphatic heterocycles. The molecule has 0 saturated heterocycles. The highest BCUT2D eigenvalue weighted by molar-refractivity contribution is 6.03. The van der Waals surface area contributed by atoms with Crippen molar-refractivity contribution < 1.29 is 4.74 Å². The van der Waals surface area contributed by atoms with Crippen LogP contribution in [0.2, 0.25) is 0 Å². The number of ether oxygens (including phenoxy) is 1. The smallest absolute Gasteiger partial charge is 0.137 e. The Morgan fingerprint density at radius 2 is 0.900 bits per heavy atom. The molecule has 12 rings (SSSR count). The summed E-state index contributed by atoms with van der Waals surface area (Å²) in [5.41, 5.74) is 20.5. The Morgan fingerprint density at radius 3 is 1.55 bits per heavy atom. The summed E-state index contributed by atoms with van der Waals surface area (Å²) in [6, 6.07) is 69.4. The molecule has 0 unspecified atom stereocenters. The average Bonchev–Trinajstić information content (AvgIpc) is 3.58. The Balaban J connectivity index is 1.13. The van der Waals surface area contributed by atoms with Gasteiger partial charge in [0.1, 0.15) is 11.5 Å². The lowest BCUT2D eigenvalue weighted by molar-refractivity contribution is 0.488. The molecule has 286 valence electrons. The summed E-state index contributed by atoms with van der Waals surface area (Å²) in [4.78, 5) is 2.49. The molecule has 9 aromatic rings. The van der Waals surface area contributed by atoms with Crippen LogP contribution in [0.4, 0.5) is 17.1 Å². The summed E-state index contributed by atoms with van der Waals surface area (Å²) in [6.07, 6.45) is 0. The van der Waals surface area contributed by atoms with Crippen molar-refractivity contribution in [1.82, 2.24) is 0 Å². The molecule has 0 spiro atoms. The maximum Gasteiger partial charge on any atom is 0.137 e. The highest BCUT2D eigenvalue weighted by Crippen LogP contribution is 2.57. The fraction of sp³-hybridized carbons (Fsp3) is 0.103. The van der Waals surface area contributed by atoms with E-state index in [-0.39, 0.29) is 10.8 Å². The Labute approximate surface area is 352 Å². The van der Waals surface area contributed by atoms with Crippen LogP contribution in [-0.2, 0) is 10.8 Å². The standard InChI is InChI=1S/C58H43NO/c1-57(2)49-21-12-10-19-42(49)44-29-26-40(34-51(44)57)59(41-27-30-45-43-20-11-13-22-50(43)58(3,4)52(45)35-41)53-23-14-24-54-56(53)46-28-25-39(36-15-6-5-7-16-36)31-47(46)48-32-37-17-8-9-18-38(37)33-55(48)60-54/h5-35H,1-4H3. The second-order valence-electron chi connectivity index (χ2n) is 17.7. The molecular weight excluding hydrogens is 727 g/mol. The predicted molar refractivity (Wildman–Crippen MR) is 250 cm³/mol. The molecule has 0 atom stereocenters. The minimum absolute atomic E-state index is 0.157. The van der Waals surface area contributed by atoms with E-state index in [4.69, 9.17) is 4.74 Å². The normalized spacial score (nSPS) is 14.4. The molecular formula is C58H43NO. The van der Waals surface area contributed by atoms with Crippen LogP contribution in [0.25, 0.3) is 66.4 Å². The van der Waals surface area contributed by atoms with E-state index in [1.54, 1.807) is 0 Å². The fourth-order valence-electron chi connectivity index (χ4n) is 10.6. The molecule has 2 heteroatoms. The van der Waals surface area contributed by atoms with Crippen molar-refractivity contribution in [3.63, 3.8) is 0 Å². The zero-order valence-electron chi connectivity index (χ0n) is 34.3. The lowest BCUT2D eigenvalue weighted by Gasteiger charge is -2.31. The monoisotopic (exact) mass is 769 g/mol. The van der Waals surface area contributed by atoms with Gasteiger partial charge in [0.05, 0.1) is 5.69 Å². The van der Waals surface area contributed by atoms with E-state index in [9.17, 15) is 0 Å². The van der Waals surface area contributed by atoms with Crippen LogP contribution in [0.3, 0.4) is 0 Å². The topological polar surface area (TPSA) is 12.5 Å². The molecule has 0 N–H and O–H groups in total. The average molecular weight is 770 g/mol. The predicted octanol–water partition coefficient (Wildman–Crippen LogP) is 16.0. The van der Waals surface area contributed by atoms with Gasteiger partial charge in [-0.3, -0.25) is 0 Å². The van der Waals surface area contributed by atoms with Crippen molar-refractivity contribution in [2.75, 3.05) is 4.90 Å². The molecule has 2 nitrogen and oxygen atoms in total. The van der Waals surface area contributed by atoms with E-state index in [1.807, 2.05) is 0 Å². The van der Waals surface area contributed by atoms with Crippen LogP contribution in [0, 0.1) is 0 Å². The van der Waals surface area contributed by atoms with Crippen molar-refractivity contribution >= 4 is 27.8 Å². The molecule has 9 aromatic carbocycles. The summed E-state index contributed by atoms with van der Waals surface area (Å²) >= 11 is 0. The molecule has 0 bridgehead atoms. The molecule has 0 saturated carbocycles. The second-order valence-corrected chi connectivity index (χ2v) is 17.7. The van der Waals surface area contributed by atoms with Gasteiger partial charge in [-0.2, -0.15) is 0 Å². The zero-order chi connectivity index (χ0) is 40.3. The van der Waals surface area contributed by atoms with Crippen molar-refractivity contribution in [3.05, 3.63) is 210 Å². The minimum atomic E-state index is -0.157. The first kappa shape index (κ1) is 34.8. The third-order valence-corrected chi connectivity index (χ3v) is 13.6. The zero-order valence-corrected chi connectivity index (χ0v) is 34.3. The van der Waals surface area contributed by atoms with Crippen molar-refractivity contribution in [2.45, 2.75) is 38.5 Å². The van der Waals surface area contributed by atoms with Gasteiger partial charge in [0.2, 0.25) is 0 Å². The number of hydrogen-bond acceptors (Lipinski definition) is 2. The van der Waals surface area contributed by atoms with E-state index >= 15 is 0 Å². The van der Waals surface area contributed by atoms with Gasteiger partial charge in [-0.25, -0.2) is 0 Å². The highest BCUT2D eigenvalue weighted by Gasteiger charge is 2.38. The van der Waals surface area contributed by atoms with Crippen LogP contribution in [-0.4, -0.2) is 0 Å². The first-order valence-electron chi connectivity index (χ1n) is 21.1. The van der Waals surface area contributed by atoms with E-state index in [2.05, 4.69) is 221 Å². The third kappa shape index (κ3) is 5.01. The van der Waals surface area contributed by atoms with E-state index in [0.717, 1.165) is 56.2 Å². The van der Waals surface area contributed by atoms with Gasteiger partial charge in [0.15, 0.2) is 0 Å². The SMILES string of the molecule is CC1(C)c2ccccc2-c2ccc(N(c3ccc4c(c3)C(C)(C)c3ccccc3-4)c3cccc4c3-c3ccc(-c5ccccc5)cc3-c3cc5ccccc5cc3O4)cc21. The summed E-state index contributed by atoms with van der Waals surface area (Å²) in [6.45, 7) is 9.46. The lowest BCUT2D eigenvalue weighted by atomic mass is 9.82. The van der Waals surface area contributed by atoms with Gasteiger partial charge >= 0.3 is 0 Å². The first-order chi connectivity index (χ1) is 29.3. The first-order valence-corrected chi connectivity index (χ1v) is 21.1. The van der Waals surface area contributed by atoms with Crippen molar-refractivity contribution in [2.24, 2.45) is 0 Å². The van der Waals surface area contributed by atoms with Gasteiger partial charge in [0.25, 0.3) is 0 Å². The summed E-state index contributed by atoms with van der Waals surface area (Å²) in [7, 11) is 0. The Bertz CT molecular complexity index is 3140. The van der Waals surface area contributed by atoms with Crippen LogP contribution >= 0.6 is 0 Å². The van der Waals surface area contributed by atoms with E-state index in [1.165, 1.54) is 61.0 Å². The fourth-order valence-corrected chi connectivity index (χ4v) is 10.6. The Morgan fingerprint density at radius 1 is 0.350 bits per heavy atom.